The summed E-state index contributed by atoms with van der Waals surface area (Å²) in [6, 6.07) is 15.1. The number of para-hydroxylation sites is 1. The molecule has 1 fully saturated rings. The van der Waals surface area contributed by atoms with Crippen molar-refractivity contribution in [2.75, 3.05) is 6.61 Å². The molecule has 1 aliphatic carbocycles. The quantitative estimate of drug-likeness (QED) is 0.745. The summed E-state index contributed by atoms with van der Waals surface area (Å²) in [6.45, 7) is 2.76. The van der Waals surface area contributed by atoms with E-state index >= 15 is 0 Å². The van der Waals surface area contributed by atoms with E-state index in [4.69, 9.17) is 4.74 Å². The Kier molecular flexibility index (Phi) is 4.38. The maximum absolute atomic E-state index is 5.72. The van der Waals surface area contributed by atoms with Crippen LogP contribution in [-0.2, 0) is 13.1 Å². The van der Waals surface area contributed by atoms with Crippen molar-refractivity contribution in [3.63, 3.8) is 0 Å². The van der Waals surface area contributed by atoms with Crippen LogP contribution in [0.3, 0.4) is 0 Å². The molecule has 1 aromatic heterocycles. The van der Waals surface area contributed by atoms with Crippen molar-refractivity contribution in [1.29, 1.82) is 0 Å². The molecule has 1 aliphatic rings. The van der Waals surface area contributed by atoms with Crippen LogP contribution >= 0.6 is 0 Å². The molecule has 1 heterocycles. The van der Waals surface area contributed by atoms with Crippen molar-refractivity contribution in [2.45, 2.75) is 38.4 Å². The Labute approximate surface area is 120 Å². The topological polar surface area (TPSA) is 26.2 Å². The average Bonchev–Trinajstić information content (AvgIpc) is 3.21. The number of ether oxygens (including phenoxy) is 1. The first kappa shape index (κ1) is 13.3. The molecule has 0 atom stereocenters. The van der Waals surface area contributed by atoms with Gasteiger partial charge in [-0.25, -0.2) is 0 Å². The van der Waals surface area contributed by atoms with E-state index < -0.39 is 0 Å². The highest BCUT2D eigenvalue weighted by atomic mass is 16.5. The van der Waals surface area contributed by atoms with Gasteiger partial charge < -0.3 is 14.6 Å². The minimum absolute atomic E-state index is 0.762. The second-order valence-electron chi connectivity index (χ2n) is 5.36. The van der Waals surface area contributed by atoms with E-state index in [0.717, 1.165) is 37.9 Å². The predicted molar refractivity (Wildman–Crippen MR) is 80.8 cm³/mol. The summed E-state index contributed by atoms with van der Waals surface area (Å²) in [6.07, 6.45) is 5.86. The summed E-state index contributed by atoms with van der Waals surface area (Å²) in [5, 5.41) is 3.56. The summed E-state index contributed by atoms with van der Waals surface area (Å²) in [5.74, 6) is 0.954. The predicted octanol–water partition coefficient (Wildman–Crippen LogP) is 3.21. The lowest BCUT2D eigenvalue weighted by atomic mass is 10.3. The smallest absolute Gasteiger partial charge is 0.119 e. The van der Waals surface area contributed by atoms with Crippen molar-refractivity contribution in [3.8, 4) is 5.75 Å². The minimum atomic E-state index is 0.762. The molecule has 3 rings (SSSR count). The number of benzene rings is 1. The molecule has 0 saturated heterocycles. The van der Waals surface area contributed by atoms with Crippen molar-refractivity contribution < 1.29 is 4.74 Å². The Hall–Kier alpha value is -1.74. The number of aryl methyl sites for hydroxylation is 1. The lowest BCUT2D eigenvalue weighted by Crippen LogP contribution is -2.18. The Bertz CT molecular complexity index is 517. The van der Waals surface area contributed by atoms with Gasteiger partial charge in [0.2, 0.25) is 0 Å². The van der Waals surface area contributed by atoms with Crippen LogP contribution in [0.25, 0.3) is 0 Å². The molecule has 2 aromatic rings. The van der Waals surface area contributed by atoms with Gasteiger partial charge in [0.1, 0.15) is 5.75 Å². The molecule has 1 saturated carbocycles. The molecule has 3 heteroatoms. The monoisotopic (exact) mass is 270 g/mol. The standard InChI is InChI=1S/C17H22N2O/c1-2-7-17(8-3-1)20-13-5-12-19-11-4-6-16(19)14-18-15-9-10-15/h1-4,6-8,11,15,18H,5,9-10,12-14H2. The van der Waals surface area contributed by atoms with Crippen molar-refractivity contribution >= 4 is 0 Å². The third-order valence-corrected chi connectivity index (χ3v) is 3.63. The fraction of sp³-hybridized carbons (Fsp3) is 0.412. The maximum Gasteiger partial charge on any atom is 0.119 e. The minimum Gasteiger partial charge on any atom is -0.494 e. The molecule has 0 spiro atoms. The average molecular weight is 270 g/mol. The van der Waals surface area contributed by atoms with Crippen LogP contribution in [0.2, 0.25) is 0 Å². The molecule has 0 bridgehead atoms. The molecule has 0 radical (unpaired) electrons. The lowest BCUT2D eigenvalue weighted by molar-refractivity contribution is 0.301. The van der Waals surface area contributed by atoms with Crippen LogP contribution in [0.4, 0.5) is 0 Å². The second kappa shape index (κ2) is 6.62. The van der Waals surface area contributed by atoms with Gasteiger partial charge in [0.05, 0.1) is 6.61 Å². The molecule has 1 N–H and O–H groups in total. The summed E-state index contributed by atoms with van der Waals surface area (Å²) in [5.41, 5.74) is 1.37. The van der Waals surface area contributed by atoms with Gasteiger partial charge in [0, 0.05) is 31.0 Å². The molecular weight excluding hydrogens is 248 g/mol. The second-order valence-corrected chi connectivity index (χ2v) is 5.36. The van der Waals surface area contributed by atoms with Crippen LogP contribution in [0.5, 0.6) is 5.75 Å². The molecule has 106 valence electrons. The molecule has 0 aliphatic heterocycles. The summed E-state index contributed by atoms with van der Waals surface area (Å²) < 4.78 is 8.05. The zero-order valence-corrected chi connectivity index (χ0v) is 11.8. The van der Waals surface area contributed by atoms with Crippen LogP contribution in [-0.4, -0.2) is 17.2 Å². The van der Waals surface area contributed by atoms with Gasteiger partial charge in [-0.05, 0) is 43.5 Å². The number of aromatic nitrogens is 1. The Morgan fingerprint density at radius 3 is 2.75 bits per heavy atom. The van der Waals surface area contributed by atoms with E-state index in [-0.39, 0.29) is 0 Å². The third-order valence-electron chi connectivity index (χ3n) is 3.63. The van der Waals surface area contributed by atoms with Crippen LogP contribution in [0, 0.1) is 0 Å². The molecule has 0 unspecified atom stereocenters. The van der Waals surface area contributed by atoms with E-state index in [9.17, 15) is 0 Å². The van der Waals surface area contributed by atoms with Gasteiger partial charge in [-0.1, -0.05) is 18.2 Å². The fourth-order valence-corrected chi connectivity index (χ4v) is 2.31. The number of hydrogen-bond acceptors (Lipinski definition) is 2. The molecule has 20 heavy (non-hydrogen) atoms. The molecule has 3 nitrogen and oxygen atoms in total. The van der Waals surface area contributed by atoms with Crippen LogP contribution in [0.15, 0.2) is 48.7 Å². The highest BCUT2D eigenvalue weighted by molar-refractivity contribution is 5.20. The third kappa shape index (κ3) is 3.87. The summed E-state index contributed by atoms with van der Waals surface area (Å²) in [4.78, 5) is 0. The Morgan fingerprint density at radius 2 is 1.95 bits per heavy atom. The lowest BCUT2D eigenvalue weighted by Gasteiger charge is -2.11. The van der Waals surface area contributed by atoms with Gasteiger partial charge in [-0.2, -0.15) is 0 Å². The fourth-order valence-electron chi connectivity index (χ4n) is 2.31. The van der Waals surface area contributed by atoms with E-state index in [1.54, 1.807) is 0 Å². The van der Waals surface area contributed by atoms with E-state index in [1.165, 1.54) is 18.5 Å². The van der Waals surface area contributed by atoms with Gasteiger partial charge in [-0.3, -0.25) is 0 Å². The summed E-state index contributed by atoms with van der Waals surface area (Å²) >= 11 is 0. The van der Waals surface area contributed by atoms with Gasteiger partial charge in [0.15, 0.2) is 0 Å². The number of nitrogens with zero attached hydrogens (tertiary/aromatic N) is 1. The number of rotatable bonds is 8. The maximum atomic E-state index is 5.72. The van der Waals surface area contributed by atoms with Crippen molar-refractivity contribution in [3.05, 3.63) is 54.4 Å². The first-order valence-electron chi connectivity index (χ1n) is 7.47. The normalized spacial score (nSPS) is 14.4. The number of nitrogens with one attached hydrogen (secondary N) is 1. The zero-order valence-electron chi connectivity index (χ0n) is 11.8. The van der Waals surface area contributed by atoms with Crippen molar-refractivity contribution in [1.82, 2.24) is 9.88 Å². The van der Waals surface area contributed by atoms with Crippen LogP contribution in [0.1, 0.15) is 25.0 Å². The summed E-state index contributed by atoms with van der Waals surface area (Å²) in [7, 11) is 0. The molecular formula is C17H22N2O. The molecule has 1 aromatic carbocycles. The highest BCUT2D eigenvalue weighted by Gasteiger charge is 2.20. The zero-order chi connectivity index (χ0) is 13.6. The van der Waals surface area contributed by atoms with Crippen LogP contribution < -0.4 is 10.1 Å². The van der Waals surface area contributed by atoms with E-state index in [2.05, 4.69) is 28.2 Å². The molecule has 0 amide bonds. The van der Waals surface area contributed by atoms with Gasteiger partial charge in [-0.15, -0.1) is 0 Å². The van der Waals surface area contributed by atoms with E-state index in [0.29, 0.717) is 0 Å². The van der Waals surface area contributed by atoms with Gasteiger partial charge >= 0.3 is 0 Å². The van der Waals surface area contributed by atoms with Gasteiger partial charge in [0.25, 0.3) is 0 Å². The first-order valence-corrected chi connectivity index (χ1v) is 7.47. The largest absolute Gasteiger partial charge is 0.494 e. The van der Waals surface area contributed by atoms with E-state index in [1.807, 2.05) is 30.3 Å². The Balaban J connectivity index is 1.40. The number of hydrogen-bond donors (Lipinski definition) is 1. The first-order chi connectivity index (χ1) is 9.92. The highest BCUT2D eigenvalue weighted by Crippen LogP contribution is 2.19. The Morgan fingerprint density at radius 1 is 1.10 bits per heavy atom. The van der Waals surface area contributed by atoms with Crippen molar-refractivity contribution in [2.24, 2.45) is 0 Å². The SMILES string of the molecule is c1ccc(OCCCn2cccc2CNC2CC2)cc1.